The van der Waals surface area contributed by atoms with Gasteiger partial charge in [0, 0.05) is 3.57 Å². The summed E-state index contributed by atoms with van der Waals surface area (Å²) in [6.07, 6.45) is -4.73. The van der Waals surface area contributed by atoms with Crippen molar-refractivity contribution in [2.45, 2.75) is 6.36 Å². The third-order valence-corrected chi connectivity index (χ3v) is 4.14. The topological polar surface area (TPSA) is 38.7 Å². The Kier molecular flexibility index (Phi) is 5.26. The van der Waals surface area contributed by atoms with E-state index in [-0.39, 0.29) is 17.2 Å². The summed E-state index contributed by atoms with van der Waals surface area (Å²) < 4.78 is 47.3. The molecule has 0 heterocycles. The summed E-state index contributed by atoms with van der Waals surface area (Å²) >= 11 is 2.17. The largest absolute Gasteiger partial charge is 0.573 e. The molecule has 0 atom stereocenters. The minimum atomic E-state index is -4.73. The van der Waals surface area contributed by atoms with Gasteiger partial charge >= 0.3 is 6.36 Å². The van der Waals surface area contributed by atoms with Gasteiger partial charge in [-0.1, -0.05) is 18.2 Å². The van der Waals surface area contributed by atoms with Crippen molar-refractivity contribution in [3.8, 4) is 34.1 Å². The second-order valence-corrected chi connectivity index (χ2v) is 6.56. The fraction of sp³-hybridized carbons (Fsp3) is 0.0526. The first kappa shape index (κ1) is 18.4. The van der Waals surface area contributed by atoms with Crippen LogP contribution in [0.1, 0.15) is 0 Å². The van der Waals surface area contributed by atoms with Gasteiger partial charge in [0.1, 0.15) is 11.5 Å². The Hall–Kier alpha value is -2.42. The van der Waals surface area contributed by atoms with Crippen LogP contribution in [-0.2, 0) is 0 Å². The molecular formula is C19H12F3IO3. The van der Waals surface area contributed by atoms with Crippen molar-refractivity contribution in [3.05, 3.63) is 70.3 Å². The quantitative estimate of drug-likeness (QED) is 0.450. The molecule has 3 aromatic rings. The highest BCUT2D eigenvalue weighted by Crippen LogP contribution is 2.35. The standard InChI is InChI=1S/C19H12F3IO3/c20-19(21,22)26-16-6-1-12(2-7-16)13-3-10-17(24)18(11-13)25-15-8-4-14(23)5-9-15/h1-11,24H. The van der Waals surface area contributed by atoms with Crippen molar-refractivity contribution in [1.29, 1.82) is 0 Å². The van der Waals surface area contributed by atoms with Crippen LogP contribution in [0.5, 0.6) is 23.0 Å². The summed E-state index contributed by atoms with van der Waals surface area (Å²) in [5.41, 5.74) is 1.34. The normalized spacial score (nSPS) is 11.2. The average molecular weight is 472 g/mol. The van der Waals surface area contributed by atoms with E-state index in [0.717, 1.165) is 3.57 Å². The highest BCUT2D eigenvalue weighted by Gasteiger charge is 2.30. The van der Waals surface area contributed by atoms with E-state index in [1.807, 2.05) is 12.1 Å². The molecule has 0 aliphatic rings. The van der Waals surface area contributed by atoms with Gasteiger partial charge in [-0.2, -0.15) is 0 Å². The Bertz CT molecular complexity index is 891. The van der Waals surface area contributed by atoms with E-state index < -0.39 is 6.36 Å². The molecule has 0 aromatic heterocycles. The van der Waals surface area contributed by atoms with E-state index >= 15 is 0 Å². The number of alkyl halides is 3. The minimum Gasteiger partial charge on any atom is -0.504 e. The van der Waals surface area contributed by atoms with Crippen molar-refractivity contribution in [1.82, 2.24) is 0 Å². The predicted octanol–water partition coefficient (Wildman–Crippen LogP) is 6.35. The first-order valence-corrected chi connectivity index (χ1v) is 8.51. The molecule has 0 saturated heterocycles. The lowest BCUT2D eigenvalue weighted by Gasteiger charge is -2.11. The maximum Gasteiger partial charge on any atom is 0.573 e. The lowest BCUT2D eigenvalue weighted by atomic mass is 10.1. The monoisotopic (exact) mass is 472 g/mol. The van der Waals surface area contributed by atoms with Crippen molar-refractivity contribution in [2.75, 3.05) is 0 Å². The molecule has 3 rings (SSSR count). The fourth-order valence-electron chi connectivity index (χ4n) is 2.25. The number of hydrogen-bond acceptors (Lipinski definition) is 3. The molecule has 0 bridgehead atoms. The summed E-state index contributed by atoms with van der Waals surface area (Å²) in [6.45, 7) is 0. The van der Waals surface area contributed by atoms with Crippen LogP contribution in [0.15, 0.2) is 66.7 Å². The maximum absolute atomic E-state index is 12.2. The SMILES string of the molecule is Oc1ccc(-c2ccc(OC(F)(F)F)cc2)cc1Oc1ccc(I)cc1. The Balaban J connectivity index is 1.83. The molecule has 3 nitrogen and oxygen atoms in total. The third-order valence-electron chi connectivity index (χ3n) is 3.42. The van der Waals surface area contributed by atoms with E-state index in [2.05, 4.69) is 27.3 Å². The van der Waals surface area contributed by atoms with Gasteiger partial charge in [-0.05, 0) is 82.2 Å². The number of aromatic hydroxyl groups is 1. The van der Waals surface area contributed by atoms with Crippen molar-refractivity contribution in [3.63, 3.8) is 0 Å². The van der Waals surface area contributed by atoms with Crippen LogP contribution in [0.2, 0.25) is 0 Å². The van der Waals surface area contributed by atoms with Crippen LogP contribution >= 0.6 is 22.6 Å². The highest BCUT2D eigenvalue weighted by molar-refractivity contribution is 14.1. The van der Waals surface area contributed by atoms with Crippen LogP contribution in [0, 0.1) is 3.57 Å². The number of phenols is 1. The van der Waals surface area contributed by atoms with Gasteiger partial charge in [-0.15, -0.1) is 13.2 Å². The maximum atomic E-state index is 12.2. The summed E-state index contributed by atoms with van der Waals surface area (Å²) in [5, 5.41) is 10.00. The van der Waals surface area contributed by atoms with E-state index in [9.17, 15) is 18.3 Å². The van der Waals surface area contributed by atoms with Gasteiger partial charge < -0.3 is 14.6 Å². The Morgan fingerprint density at radius 1 is 0.769 bits per heavy atom. The molecule has 134 valence electrons. The van der Waals surface area contributed by atoms with Crippen molar-refractivity contribution < 1.29 is 27.8 Å². The molecule has 0 aliphatic carbocycles. The van der Waals surface area contributed by atoms with Crippen LogP contribution in [0.25, 0.3) is 11.1 Å². The zero-order valence-corrected chi connectivity index (χ0v) is 15.3. The molecule has 0 saturated carbocycles. The number of phenolic OH excluding ortho intramolecular Hbond substituents is 1. The fourth-order valence-corrected chi connectivity index (χ4v) is 2.61. The molecule has 0 spiro atoms. The van der Waals surface area contributed by atoms with Gasteiger partial charge in [-0.3, -0.25) is 0 Å². The number of rotatable bonds is 4. The zero-order valence-electron chi connectivity index (χ0n) is 13.1. The average Bonchev–Trinajstić information content (AvgIpc) is 2.58. The predicted molar refractivity (Wildman–Crippen MR) is 99.5 cm³/mol. The van der Waals surface area contributed by atoms with Crippen LogP contribution in [0.3, 0.4) is 0 Å². The van der Waals surface area contributed by atoms with Crippen LogP contribution in [0.4, 0.5) is 13.2 Å². The van der Waals surface area contributed by atoms with Gasteiger partial charge in [0.05, 0.1) is 0 Å². The number of benzene rings is 3. The highest BCUT2D eigenvalue weighted by atomic mass is 127. The van der Waals surface area contributed by atoms with Gasteiger partial charge in [0.25, 0.3) is 0 Å². The minimum absolute atomic E-state index is 0.0377. The Labute approximate surface area is 161 Å². The summed E-state index contributed by atoms with van der Waals surface area (Å²) in [5.74, 6) is 0.478. The van der Waals surface area contributed by atoms with Crippen LogP contribution < -0.4 is 9.47 Å². The molecular weight excluding hydrogens is 460 g/mol. The lowest BCUT2D eigenvalue weighted by Crippen LogP contribution is -2.16. The van der Waals surface area contributed by atoms with Crippen molar-refractivity contribution >= 4 is 22.6 Å². The third kappa shape index (κ3) is 4.81. The molecule has 7 heteroatoms. The van der Waals surface area contributed by atoms with E-state index in [1.54, 1.807) is 24.3 Å². The lowest BCUT2D eigenvalue weighted by molar-refractivity contribution is -0.274. The zero-order chi connectivity index (χ0) is 18.7. The molecule has 26 heavy (non-hydrogen) atoms. The summed E-state index contributed by atoms with van der Waals surface area (Å²) in [7, 11) is 0. The molecule has 0 fully saturated rings. The van der Waals surface area contributed by atoms with E-state index in [4.69, 9.17) is 4.74 Å². The Morgan fingerprint density at radius 3 is 1.96 bits per heavy atom. The van der Waals surface area contributed by atoms with Gasteiger partial charge in [-0.25, -0.2) is 0 Å². The van der Waals surface area contributed by atoms with Crippen molar-refractivity contribution in [2.24, 2.45) is 0 Å². The second-order valence-electron chi connectivity index (χ2n) is 5.31. The van der Waals surface area contributed by atoms with Gasteiger partial charge in [0.15, 0.2) is 11.5 Å². The molecule has 0 unspecified atom stereocenters. The first-order valence-electron chi connectivity index (χ1n) is 7.43. The summed E-state index contributed by atoms with van der Waals surface area (Å²) in [6, 6.07) is 17.5. The second kappa shape index (κ2) is 7.45. The van der Waals surface area contributed by atoms with Gasteiger partial charge in [0.2, 0.25) is 0 Å². The molecule has 1 N–H and O–H groups in total. The number of halogens is 4. The number of hydrogen-bond donors (Lipinski definition) is 1. The Morgan fingerprint density at radius 2 is 1.35 bits per heavy atom. The van der Waals surface area contributed by atoms with E-state index in [1.165, 1.54) is 30.3 Å². The number of ether oxygens (including phenoxy) is 2. The molecule has 0 amide bonds. The molecule has 0 radical (unpaired) electrons. The molecule has 3 aromatic carbocycles. The first-order chi connectivity index (χ1) is 12.3. The van der Waals surface area contributed by atoms with Crippen LogP contribution in [-0.4, -0.2) is 11.5 Å². The summed E-state index contributed by atoms with van der Waals surface area (Å²) in [4.78, 5) is 0. The molecule has 0 aliphatic heterocycles. The smallest absolute Gasteiger partial charge is 0.504 e. The van der Waals surface area contributed by atoms with E-state index in [0.29, 0.717) is 16.9 Å².